The molecule has 1 N–H and O–H groups in total. The molecule has 0 saturated carbocycles. The number of ether oxygens (including phenoxy) is 1. The van der Waals surface area contributed by atoms with Crippen LogP contribution in [0.4, 0.5) is 0 Å². The number of hydrogen-bond acceptors (Lipinski definition) is 3. The van der Waals surface area contributed by atoms with Crippen LogP contribution >= 0.6 is 0 Å². The predicted octanol–water partition coefficient (Wildman–Crippen LogP) is 3.18. The highest BCUT2D eigenvalue weighted by atomic mass is 16.5. The van der Waals surface area contributed by atoms with Crippen molar-refractivity contribution in [1.29, 1.82) is 0 Å². The van der Waals surface area contributed by atoms with Crippen molar-refractivity contribution in [3.05, 3.63) is 54.1 Å². The van der Waals surface area contributed by atoms with Crippen molar-refractivity contribution in [2.75, 3.05) is 13.2 Å². The Balaban J connectivity index is 2.45. The maximum absolute atomic E-state index is 11.5. The molecule has 100 valence electrons. The molecule has 3 aromatic rings. The van der Waals surface area contributed by atoms with E-state index < -0.39 is 0 Å². The van der Waals surface area contributed by atoms with Gasteiger partial charge < -0.3 is 9.84 Å². The van der Waals surface area contributed by atoms with Crippen molar-refractivity contribution in [2.24, 2.45) is 0 Å². The Kier molecular flexibility index (Phi) is 3.35. The van der Waals surface area contributed by atoms with Crippen LogP contribution in [0.3, 0.4) is 0 Å². The van der Waals surface area contributed by atoms with Gasteiger partial charge in [0.05, 0.1) is 6.61 Å². The minimum atomic E-state index is -0.0436. The summed E-state index contributed by atoms with van der Waals surface area (Å²) >= 11 is 0. The molecule has 0 amide bonds. The average molecular weight is 266 g/mol. The van der Waals surface area contributed by atoms with Crippen LogP contribution in [-0.4, -0.2) is 24.6 Å². The Morgan fingerprint density at radius 3 is 1.85 bits per heavy atom. The van der Waals surface area contributed by atoms with E-state index >= 15 is 0 Å². The first-order valence-electron chi connectivity index (χ1n) is 6.49. The van der Waals surface area contributed by atoms with Crippen molar-refractivity contribution in [3.63, 3.8) is 0 Å². The number of benzene rings is 3. The van der Waals surface area contributed by atoms with Gasteiger partial charge in [-0.3, -0.25) is 4.79 Å². The van der Waals surface area contributed by atoms with Crippen molar-refractivity contribution in [2.45, 2.75) is 0 Å². The molecule has 3 heteroatoms. The van der Waals surface area contributed by atoms with Gasteiger partial charge in [0.1, 0.15) is 12.4 Å². The minimum Gasteiger partial charge on any atom is -0.490 e. The van der Waals surface area contributed by atoms with E-state index in [0.717, 1.165) is 33.6 Å². The molecule has 0 radical (unpaired) electrons. The minimum absolute atomic E-state index is 0.0436. The number of aliphatic hydroxyl groups excluding tert-OH is 1. The van der Waals surface area contributed by atoms with Crippen LogP contribution in [0, 0.1) is 0 Å². The van der Waals surface area contributed by atoms with Crippen LogP contribution in [0.1, 0.15) is 10.4 Å². The number of carbonyl (C=O) groups excluding carboxylic acids is 1. The largest absolute Gasteiger partial charge is 0.490 e. The second kappa shape index (κ2) is 5.31. The standard InChI is InChI=1S/C17H14O3/c18-9-10-20-17-14-7-3-1-5-12(14)16(11-19)13-6-2-4-8-15(13)17/h1-8,11,18H,9-10H2. The zero-order valence-corrected chi connectivity index (χ0v) is 10.9. The number of carbonyl (C=O) groups is 1. The van der Waals surface area contributed by atoms with Crippen LogP contribution in [0.15, 0.2) is 48.5 Å². The van der Waals surface area contributed by atoms with Crippen LogP contribution in [0.25, 0.3) is 21.5 Å². The highest BCUT2D eigenvalue weighted by molar-refractivity contribution is 6.16. The molecule has 3 nitrogen and oxygen atoms in total. The van der Waals surface area contributed by atoms with Crippen molar-refractivity contribution < 1.29 is 14.6 Å². The highest BCUT2D eigenvalue weighted by Gasteiger charge is 2.13. The third-order valence-electron chi connectivity index (χ3n) is 3.38. The molecule has 0 atom stereocenters. The van der Waals surface area contributed by atoms with E-state index in [4.69, 9.17) is 9.84 Å². The number of aldehydes is 1. The summed E-state index contributed by atoms with van der Waals surface area (Å²) in [6.07, 6.45) is 0.889. The molecule has 0 aromatic heterocycles. The normalized spacial score (nSPS) is 10.8. The Morgan fingerprint density at radius 2 is 1.40 bits per heavy atom. The first kappa shape index (κ1) is 12.6. The Bertz CT molecular complexity index is 721. The fourth-order valence-corrected chi connectivity index (χ4v) is 2.55. The Hall–Kier alpha value is -2.39. The number of aliphatic hydroxyl groups is 1. The molecule has 0 saturated heterocycles. The van der Waals surface area contributed by atoms with Gasteiger partial charge in [-0.25, -0.2) is 0 Å². The van der Waals surface area contributed by atoms with Crippen molar-refractivity contribution in [3.8, 4) is 5.75 Å². The summed E-state index contributed by atoms with van der Waals surface area (Å²) in [6, 6.07) is 15.3. The van der Waals surface area contributed by atoms with E-state index in [2.05, 4.69) is 0 Å². The molecule has 3 rings (SSSR count). The maximum atomic E-state index is 11.5. The fraction of sp³-hybridized carbons (Fsp3) is 0.118. The summed E-state index contributed by atoms with van der Waals surface area (Å²) in [5.74, 6) is 0.718. The van der Waals surface area contributed by atoms with Gasteiger partial charge in [-0.1, -0.05) is 48.5 Å². The van der Waals surface area contributed by atoms with Crippen molar-refractivity contribution in [1.82, 2.24) is 0 Å². The van der Waals surface area contributed by atoms with Crippen LogP contribution in [0.5, 0.6) is 5.75 Å². The lowest BCUT2D eigenvalue weighted by molar-refractivity contribution is 0.112. The second-order valence-corrected chi connectivity index (χ2v) is 4.52. The summed E-state index contributed by atoms with van der Waals surface area (Å²) < 4.78 is 5.72. The molecule has 0 aliphatic rings. The van der Waals surface area contributed by atoms with Crippen molar-refractivity contribution >= 4 is 27.8 Å². The van der Waals surface area contributed by atoms with Gasteiger partial charge in [-0.15, -0.1) is 0 Å². The molecule has 3 aromatic carbocycles. The summed E-state index contributed by atoms with van der Waals surface area (Å²) in [5.41, 5.74) is 0.674. The molecular weight excluding hydrogens is 252 g/mol. The summed E-state index contributed by atoms with van der Waals surface area (Å²) in [5, 5.41) is 12.5. The predicted molar refractivity (Wildman–Crippen MR) is 79.4 cm³/mol. The lowest BCUT2D eigenvalue weighted by Crippen LogP contribution is -2.03. The maximum Gasteiger partial charge on any atom is 0.151 e. The van der Waals surface area contributed by atoms with Gasteiger partial charge in [-0.2, -0.15) is 0 Å². The van der Waals surface area contributed by atoms with Gasteiger partial charge in [0.25, 0.3) is 0 Å². The zero-order valence-electron chi connectivity index (χ0n) is 10.9. The van der Waals surface area contributed by atoms with Gasteiger partial charge in [-0.05, 0) is 10.8 Å². The zero-order chi connectivity index (χ0) is 13.9. The van der Waals surface area contributed by atoms with E-state index in [0.29, 0.717) is 5.56 Å². The highest BCUT2D eigenvalue weighted by Crippen LogP contribution is 2.37. The second-order valence-electron chi connectivity index (χ2n) is 4.52. The third-order valence-corrected chi connectivity index (χ3v) is 3.38. The van der Waals surface area contributed by atoms with E-state index in [1.807, 2.05) is 48.5 Å². The summed E-state index contributed by atoms with van der Waals surface area (Å²) in [6.45, 7) is 0.187. The Labute approximate surface area is 116 Å². The van der Waals surface area contributed by atoms with Gasteiger partial charge in [0.15, 0.2) is 6.29 Å². The summed E-state index contributed by atoms with van der Waals surface area (Å²) in [4.78, 5) is 11.5. The quantitative estimate of drug-likeness (QED) is 0.582. The first-order chi connectivity index (χ1) is 9.86. The first-order valence-corrected chi connectivity index (χ1v) is 6.49. The van der Waals surface area contributed by atoms with Crippen LogP contribution < -0.4 is 4.74 Å². The van der Waals surface area contributed by atoms with E-state index in [1.54, 1.807) is 0 Å². The lowest BCUT2D eigenvalue weighted by atomic mass is 9.96. The molecule has 0 unspecified atom stereocenters. The molecule has 20 heavy (non-hydrogen) atoms. The number of fused-ring (bicyclic) bond motifs is 2. The molecule has 0 bridgehead atoms. The van der Waals surface area contributed by atoms with Gasteiger partial charge >= 0.3 is 0 Å². The summed E-state index contributed by atoms with van der Waals surface area (Å²) in [7, 11) is 0. The fourth-order valence-electron chi connectivity index (χ4n) is 2.55. The molecule has 0 spiro atoms. The molecule has 0 aliphatic heterocycles. The van der Waals surface area contributed by atoms with E-state index in [-0.39, 0.29) is 13.2 Å². The topological polar surface area (TPSA) is 46.5 Å². The molecule has 0 aliphatic carbocycles. The average Bonchev–Trinajstić information content (AvgIpc) is 2.51. The smallest absolute Gasteiger partial charge is 0.151 e. The van der Waals surface area contributed by atoms with Gasteiger partial charge in [0, 0.05) is 16.3 Å². The number of hydrogen-bond donors (Lipinski definition) is 1. The Morgan fingerprint density at radius 1 is 0.900 bits per heavy atom. The van der Waals surface area contributed by atoms with Crippen LogP contribution in [-0.2, 0) is 0 Å². The van der Waals surface area contributed by atoms with Gasteiger partial charge in [0.2, 0.25) is 0 Å². The van der Waals surface area contributed by atoms with Crippen LogP contribution in [0.2, 0.25) is 0 Å². The number of rotatable bonds is 4. The lowest BCUT2D eigenvalue weighted by Gasteiger charge is -2.14. The van der Waals surface area contributed by atoms with E-state index in [1.165, 1.54) is 0 Å². The molecule has 0 fully saturated rings. The monoisotopic (exact) mass is 266 g/mol. The van der Waals surface area contributed by atoms with E-state index in [9.17, 15) is 4.79 Å². The molecular formula is C17H14O3. The third kappa shape index (κ3) is 1.92. The molecule has 0 heterocycles. The SMILES string of the molecule is O=Cc1c2ccccc2c(OCCO)c2ccccc12.